The minimum atomic E-state index is -0.921. The third-order valence-electron chi connectivity index (χ3n) is 2.36. The largest absolute Gasteiger partial charge is 0.480 e. The van der Waals surface area contributed by atoms with Gasteiger partial charge in [-0.1, -0.05) is 0 Å². The molecule has 0 amide bonds. The van der Waals surface area contributed by atoms with E-state index in [9.17, 15) is 4.79 Å². The van der Waals surface area contributed by atoms with E-state index in [0.717, 1.165) is 0 Å². The molecule has 0 aromatic carbocycles. The Hall–Kier alpha value is -2.13. The number of nitrogens with zero attached hydrogens (tertiary/aromatic N) is 2. The molecule has 18 heavy (non-hydrogen) atoms. The molecule has 0 bridgehead atoms. The molecule has 0 aliphatic heterocycles. The number of rotatable bonds is 7. The Morgan fingerprint density at radius 1 is 1.67 bits per heavy atom. The summed E-state index contributed by atoms with van der Waals surface area (Å²) in [4.78, 5) is 14.9. The molecule has 0 aliphatic carbocycles. The molecule has 0 fully saturated rings. The van der Waals surface area contributed by atoms with Gasteiger partial charge >= 0.3 is 5.97 Å². The number of hydrogen-bond donors (Lipinski definition) is 2. The molecule has 2 N–H and O–H groups in total. The van der Waals surface area contributed by atoms with Crippen LogP contribution in [0.4, 0.5) is 5.69 Å². The van der Waals surface area contributed by atoms with Crippen LogP contribution >= 0.6 is 0 Å². The Kier molecular flexibility index (Phi) is 5.61. The number of anilines is 1. The van der Waals surface area contributed by atoms with Gasteiger partial charge in [0.1, 0.15) is 17.8 Å². The van der Waals surface area contributed by atoms with Crippen LogP contribution in [0.5, 0.6) is 0 Å². The minimum Gasteiger partial charge on any atom is -0.480 e. The summed E-state index contributed by atoms with van der Waals surface area (Å²) >= 11 is 0. The number of carbonyl (C=O) groups is 1. The Labute approximate surface area is 105 Å². The summed E-state index contributed by atoms with van der Waals surface area (Å²) in [7, 11) is 1.58. The predicted molar refractivity (Wildman–Crippen MR) is 65.1 cm³/mol. The maximum absolute atomic E-state index is 11.0. The van der Waals surface area contributed by atoms with E-state index in [1.165, 1.54) is 12.3 Å². The van der Waals surface area contributed by atoms with Crippen LogP contribution in [0.1, 0.15) is 18.5 Å². The van der Waals surface area contributed by atoms with E-state index in [1.807, 2.05) is 6.07 Å². The van der Waals surface area contributed by atoms with E-state index >= 15 is 0 Å². The van der Waals surface area contributed by atoms with Gasteiger partial charge in [0.25, 0.3) is 0 Å². The van der Waals surface area contributed by atoms with Gasteiger partial charge < -0.3 is 15.2 Å². The number of hydrogen-bond acceptors (Lipinski definition) is 5. The highest BCUT2D eigenvalue weighted by Crippen LogP contribution is 2.10. The maximum Gasteiger partial charge on any atom is 0.326 e. The lowest BCUT2D eigenvalue weighted by molar-refractivity contribution is -0.138. The van der Waals surface area contributed by atoms with E-state index in [-0.39, 0.29) is 0 Å². The predicted octanol–water partition coefficient (Wildman–Crippen LogP) is 1.24. The van der Waals surface area contributed by atoms with Crippen LogP contribution in [0, 0.1) is 11.3 Å². The first-order valence-corrected chi connectivity index (χ1v) is 5.52. The van der Waals surface area contributed by atoms with Crippen molar-refractivity contribution >= 4 is 11.7 Å². The molecule has 1 heterocycles. The lowest BCUT2D eigenvalue weighted by atomic mass is 10.1. The molecule has 1 unspecified atom stereocenters. The standard InChI is InChI=1S/C12H15N3O3/c1-18-6-2-3-11(12(16)17)15-10-5-4-9(7-13)14-8-10/h4-5,8,11,15H,2-3,6H2,1H3,(H,16,17). The van der Waals surface area contributed by atoms with Gasteiger partial charge in [0.15, 0.2) is 0 Å². The molecule has 0 spiro atoms. The molecule has 96 valence electrons. The van der Waals surface area contributed by atoms with Crippen LogP contribution in [-0.2, 0) is 9.53 Å². The van der Waals surface area contributed by atoms with Crippen molar-refractivity contribution < 1.29 is 14.6 Å². The van der Waals surface area contributed by atoms with Crippen LogP contribution in [0.3, 0.4) is 0 Å². The summed E-state index contributed by atoms with van der Waals surface area (Å²) in [5.41, 5.74) is 0.880. The first-order chi connectivity index (χ1) is 8.67. The number of aliphatic carboxylic acids is 1. The van der Waals surface area contributed by atoms with Crippen molar-refractivity contribution in [2.24, 2.45) is 0 Å². The van der Waals surface area contributed by atoms with Gasteiger partial charge in [-0.15, -0.1) is 0 Å². The zero-order chi connectivity index (χ0) is 13.4. The molecule has 1 atom stereocenters. The Morgan fingerprint density at radius 3 is 2.94 bits per heavy atom. The molecule has 1 aromatic heterocycles. The van der Waals surface area contributed by atoms with Crippen LogP contribution in [0.2, 0.25) is 0 Å². The van der Waals surface area contributed by atoms with E-state index in [2.05, 4.69) is 10.3 Å². The molecule has 6 nitrogen and oxygen atoms in total. The lowest BCUT2D eigenvalue weighted by Crippen LogP contribution is -2.29. The van der Waals surface area contributed by atoms with Crippen molar-refractivity contribution in [3.63, 3.8) is 0 Å². The third-order valence-corrected chi connectivity index (χ3v) is 2.36. The molecule has 1 rings (SSSR count). The number of aromatic nitrogens is 1. The first-order valence-electron chi connectivity index (χ1n) is 5.52. The van der Waals surface area contributed by atoms with Gasteiger partial charge in [-0.05, 0) is 25.0 Å². The minimum absolute atomic E-state index is 0.298. The highest BCUT2D eigenvalue weighted by atomic mass is 16.5. The van der Waals surface area contributed by atoms with E-state index < -0.39 is 12.0 Å². The molecular formula is C12H15N3O3. The van der Waals surface area contributed by atoms with Crippen molar-refractivity contribution in [1.29, 1.82) is 5.26 Å². The molecule has 6 heteroatoms. The average Bonchev–Trinajstić information content (AvgIpc) is 2.38. The van der Waals surface area contributed by atoms with Gasteiger partial charge in [0.2, 0.25) is 0 Å². The lowest BCUT2D eigenvalue weighted by Gasteiger charge is -2.15. The smallest absolute Gasteiger partial charge is 0.326 e. The monoisotopic (exact) mass is 249 g/mol. The Bertz CT molecular complexity index is 425. The van der Waals surface area contributed by atoms with Crippen molar-refractivity contribution in [2.45, 2.75) is 18.9 Å². The number of carboxylic acid groups (broad SMARTS) is 1. The van der Waals surface area contributed by atoms with Crippen LogP contribution in [0.15, 0.2) is 18.3 Å². The molecule has 0 aliphatic rings. The van der Waals surface area contributed by atoms with Crippen LogP contribution in [0.25, 0.3) is 0 Å². The first kappa shape index (κ1) is 13.9. The summed E-state index contributed by atoms with van der Waals surface area (Å²) in [6.07, 6.45) is 2.57. The number of nitriles is 1. The van der Waals surface area contributed by atoms with Gasteiger partial charge in [-0.25, -0.2) is 9.78 Å². The summed E-state index contributed by atoms with van der Waals surface area (Å²) < 4.78 is 4.88. The second-order valence-electron chi connectivity index (χ2n) is 3.71. The van der Waals surface area contributed by atoms with E-state index in [1.54, 1.807) is 13.2 Å². The molecule has 0 radical (unpaired) electrons. The molecule has 0 saturated heterocycles. The van der Waals surface area contributed by atoms with E-state index in [4.69, 9.17) is 15.1 Å². The summed E-state index contributed by atoms with van der Waals surface area (Å²) in [6, 6.07) is 4.39. The zero-order valence-electron chi connectivity index (χ0n) is 10.1. The van der Waals surface area contributed by atoms with Crippen molar-refractivity contribution in [3.05, 3.63) is 24.0 Å². The molecular weight excluding hydrogens is 234 g/mol. The maximum atomic E-state index is 11.0. The van der Waals surface area contributed by atoms with E-state index in [0.29, 0.717) is 30.8 Å². The van der Waals surface area contributed by atoms with Crippen LogP contribution in [-0.4, -0.2) is 35.8 Å². The van der Waals surface area contributed by atoms with Crippen molar-refractivity contribution in [3.8, 4) is 6.07 Å². The third kappa shape index (κ3) is 4.39. The SMILES string of the molecule is COCCCC(Nc1ccc(C#N)nc1)C(=O)O. The van der Waals surface area contributed by atoms with Gasteiger partial charge in [-0.2, -0.15) is 5.26 Å². The zero-order valence-corrected chi connectivity index (χ0v) is 10.1. The number of nitrogens with one attached hydrogen (secondary N) is 1. The molecule has 0 saturated carbocycles. The fraction of sp³-hybridized carbons (Fsp3) is 0.417. The highest BCUT2D eigenvalue weighted by Gasteiger charge is 2.16. The second-order valence-corrected chi connectivity index (χ2v) is 3.71. The summed E-state index contributed by atoms with van der Waals surface area (Å²) in [5, 5.41) is 20.5. The fourth-order valence-corrected chi connectivity index (χ4v) is 1.44. The number of methoxy groups -OCH3 is 1. The number of carboxylic acids is 1. The van der Waals surface area contributed by atoms with Crippen molar-refractivity contribution in [2.75, 3.05) is 19.0 Å². The average molecular weight is 249 g/mol. The normalized spacial score (nSPS) is 11.6. The Morgan fingerprint density at radius 2 is 2.44 bits per heavy atom. The van der Waals surface area contributed by atoms with Gasteiger partial charge in [0.05, 0.1) is 11.9 Å². The summed E-state index contributed by atoms with van der Waals surface area (Å²) in [5.74, 6) is -0.921. The number of pyridine rings is 1. The number of ether oxygens (including phenoxy) is 1. The van der Waals surface area contributed by atoms with Crippen LogP contribution < -0.4 is 5.32 Å². The topological polar surface area (TPSA) is 95.2 Å². The molecule has 1 aromatic rings. The van der Waals surface area contributed by atoms with Crippen molar-refractivity contribution in [1.82, 2.24) is 4.98 Å². The fourth-order valence-electron chi connectivity index (χ4n) is 1.44. The second kappa shape index (κ2) is 7.25. The van der Waals surface area contributed by atoms with Gasteiger partial charge in [-0.3, -0.25) is 0 Å². The Balaban J connectivity index is 2.59. The van der Waals surface area contributed by atoms with Gasteiger partial charge in [0, 0.05) is 13.7 Å². The highest BCUT2D eigenvalue weighted by molar-refractivity contribution is 5.77. The quantitative estimate of drug-likeness (QED) is 0.706. The summed E-state index contributed by atoms with van der Waals surface area (Å²) in [6.45, 7) is 0.525.